The van der Waals surface area contributed by atoms with Crippen molar-refractivity contribution in [2.75, 3.05) is 13.7 Å². The van der Waals surface area contributed by atoms with Gasteiger partial charge in [0.1, 0.15) is 0 Å². The summed E-state index contributed by atoms with van der Waals surface area (Å²) < 4.78 is 12.3. The number of pyridine rings is 1. The van der Waals surface area contributed by atoms with Crippen LogP contribution < -0.4 is 10.1 Å². The van der Waals surface area contributed by atoms with Gasteiger partial charge in [-0.05, 0) is 37.8 Å². The molecular weight excluding hydrogens is 384 g/mol. The zero-order valence-electron chi connectivity index (χ0n) is 18.6. The van der Waals surface area contributed by atoms with Crippen LogP contribution in [0.15, 0.2) is 4.52 Å². The van der Waals surface area contributed by atoms with Crippen LogP contribution in [0.1, 0.15) is 61.1 Å². The number of rotatable bonds is 9. The smallest absolute Gasteiger partial charge is 0.242 e. The van der Waals surface area contributed by atoms with E-state index in [0.717, 1.165) is 40.1 Å². The van der Waals surface area contributed by atoms with Crippen molar-refractivity contribution in [3.8, 4) is 5.88 Å². The number of nitrogens with zero attached hydrogens (tertiary/aromatic N) is 5. The molecule has 9 nitrogen and oxygen atoms in total. The van der Waals surface area contributed by atoms with Crippen LogP contribution in [0.25, 0.3) is 11.0 Å². The van der Waals surface area contributed by atoms with Gasteiger partial charge in [0.2, 0.25) is 17.7 Å². The van der Waals surface area contributed by atoms with E-state index in [-0.39, 0.29) is 11.8 Å². The zero-order valence-corrected chi connectivity index (χ0v) is 18.6. The van der Waals surface area contributed by atoms with Crippen LogP contribution in [-0.2, 0) is 24.7 Å². The molecule has 0 saturated carbocycles. The minimum absolute atomic E-state index is 0.0143. The summed E-state index contributed by atoms with van der Waals surface area (Å²) in [6.07, 6.45) is 2.42. The van der Waals surface area contributed by atoms with Gasteiger partial charge in [-0.3, -0.25) is 4.79 Å². The normalized spacial score (nSPS) is 11.4. The van der Waals surface area contributed by atoms with Crippen molar-refractivity contribution in [3.63, 3.8) is 0 Å². The zero-order chi connectivity index (χ0) is 21.8. The van der Waals surface area contributed by atoms with Gasteiger partial charge in [-0.1, -0.05) is 19.0 Å². The summed E-state index contributed by atoms with van der Waals surface area (Å²) in [5.74, 6) is 2.15. The topological polar surface area (TPSA) is 108 Å². The molecule has 3 aromatic heterocycles. The fourth-order valence-electron chi connectivity index (χ4n) is 3.51. The van der Waals surface area contributed by atoms with Gasteiger partial charge >= 0.3 is 0 Å². The van der Waals surface area contributed by atoms with Crippen LogP contribution >= 0.6 is 0 Å². The average Bonchev–Trinajstić information content (AvgIpc) is 3.30. The van der Waals surface area contributed by atoms with Crippen LogP contribution in [0.5, 0.6) is 5.88 Å². The van der Waals surface area contributed by atoms with Crippen LogP contribution in [0.3, 0.4) is 0 Å². The number of fused-ring (bicyclic) bond motifs is 1. The lowest BCUT2D eigenvalue weighted by Gasteiger charge is -2.11. The van der Waals surface area contributed by atoms with Gasteiger partial charge in [0, 0.05) is 38.0 Å². The third-order valence-corrected chi connectivity index (χ3v) is 5.21. The molecule has 162 valence electrons. The van der Waals surface area contributed by atoms with Crippen LogP contribution in [-0.4, -0.2) is 44.5 Å². The lowest BCUT2D eigenvalue weighted by atomic mass is 10.00. The molecule has 1 N–H and O–H groups in total. The number of methoxy groups -OCH3 is 1. The molecule has 3 aromatic rings. The predicted molar refractivity (Wildman–Crippen MR) is 113 cm³/mol. The summed E-state index contributed by atoms with van der Waals surface area (Å²) in [6, 6.07) is 0. The van der Waals surface area contributed by atoms with Crippen molar-refractivity contribution in [2.45, 2.75) is 59.3 Å². The van der Waals surface area contributed by atoms with Crippen molar-refractivity contribution in [2.24, 2.45) is 7.05 Å². The monoisotopic (exact) mass is 414 g/mol. The largest absolute Gasteiger partial charge is 0.479 e. The second-order valence-corrected chi connectivity index (χ2v) is 7.79. The third-order valence-electron chi connectivity index (χ3n) is 5.21. The summed E-state index contributed by atoms with van der Waals surface area (Å²) in [5.41, 5.74) is 3.83. The van der Waals surface area contributed by atoms with E-state index in [0.29, 0.717) is 37.6 Å². The highest BCUT2D eigenvalue weighted by atomic mass is 16.5. The molecule has 0 aromatic carbocycles. The van der Waals surface area contributed by atoms with Gasteiger partial charge in [-0.2, -0.15) is 4.98 Å². The van der Waals surface area contributed by atoms with Gasteiger partial charge in [0.25, 0.3) is 0 Å². The number of nitrogens with one attached hydrogen (secondary N) is 1. The number of amides is 1. The number of carbonyl (C=O) groups excluding carboxylic acids is 1. The maximum atomic E-state index is 12.3. The number of aromatic nitrogens is 5. The minimum atomic E-state index is 0.0143. The summed E-state index contributed by atoms with van der Waals surface area (Å²) in [6.45, 7) is 8.62. The van der Waals surface area contributed by atoms with Crippen molar-refractivity contribution in [1.29, 1.82) is 0 Å². The van der Waals surface area contributed by atoms with E-state index >= 15 is 0 Å². The van der Waals surface area contributed by atoms with Crippen molar-refractivity contribution >= 4 is 16.9 Å². The van der Waals surface area contributed by atoms with Gasteiger partial charge in [-0.25, -0.2) is 9.67 Å². The van der Waals surface area contributed by atoms with Crippen LogP contribution in [0.2, 0.25) is 0 Å². The van der Waals surface area contributed by atoms with Gasteiger partial charge in [0.15, 0.2) is 11.5 Å². The highest BCUT2D eigenvalue weighted by Gasteiger charge is 2.18. The molecule has 0 bridgehead atoms. The van der Waals surface area contributed by atoms with Gasteiger partial charge in [0.05, 0.1) is 12.5 Å². The number of carbonyl (C=O) groups is 1. The molecule has 0 aliphatic rings. The Morgan fingerprint density at radius 1 is 1.23 bits per heavy atom. The Balaban J connectivity index is 1.53. The Morgan fingerprint density at radius 3 is 2.67 bits per heavy atom. The van der Waals surface area contributed by atoms with E-state index in [1.165, 1.54) is 0 Å². The Hall–Kier alpha value is -2.97. The van der Waals surface area contributed by atoms with E-state index in [2.05, 4.69) is 25.5 Å². The maximum absolute atomic E-state index is 12.3. The van der Waals surface area contributed by atoms with E-state index in [4.69, 9.17) is 9.26 Å². The van der Waals surface area contributed by atoms with Crippen LogP contribution in [0.4, 0.5) is 0 Å². The van der Waals surface area contributed by atoms with Gasteiger partial charge in [-0.15, -0.1) is 5.10 Å². The first kappa shape index (κ1) is 21.7. The molecule has 0 fully saturated rings. The van der Waals surface area contributed by atoms with E-state index in [1.54, 1.807) is 11.8 Å². The molecule has 30 heavy (non-hydrogen) atoms. The second kappa shape index (κ2) is 9.23. The standard InChI is InChI=1S/C21H30N6O3/c1-12(2)19-24-17(30-26-19)8-7-11-22-16(28)10-9-15-13(3)18-20(23-14(15)4)27(5)25-21(18)29-6/h12H,7-11H2,1-6H3,(H,22,28). The first-order chi connectivity index (χ1) is 14.3. The summed E-state index contributed by atoms with van der Waals surface area (Å²) in [5, 5.41) is 12.2. The average molecular weight is 415 g/mol. The lowest BCUT2D eigenvalue weighted by molar-refractivity contribution is -0.121. The quantitative estimate of drug-likeness (QED) is 0.536. The molecule has 3 heterocycles. The van der Waals surface area contributed by atoms with E-state index < -0.39 is 0 Å². The SMILES string of the molecule is COc1nn(C)c2nc(C)c(CCC(=O)NCCCc3nc(C(C)C)no3)c(C)c12. The molecule has 3 rings (SSSR count). The number of hydrogen-bond donors (Lipinski definition) is 1. The highest BCUT2D eigenvalue weighted by molar-refractivity contribution is 5.86. The molecule has 0 radical (unpaired) electrons. The summed E-state index contributed by atoms with van der Waals surface area (Å²) in [7, 11) is 3.45. The molecule has 0 aliphatic heterocycles. The Morgan fingerprint density at radius 2 is 2.00 bits per heavy atom. The molecule has 0 spiro atoms. The van der Waals surface area contributed by atoms with E-state index in [1.807, 2.05) is 34.7 Å². The number of hydrogen-bond acceptors (Lipinski definition) is 7. The summed E-state index contributed by atoms with van der Waals surface area (Å²) >= 11 is 0. The van der Waals surface area contributed by atoms with Gasteiger partial charge < -0.3 is 14.6 Å². The molecule has 0 unspecified atom stereocenters. The predicted octanol–water partition coefficient (Wildman–Crippen LogP) is 2.78. The first-order valence-electron chi connectivity index (χ1n) is 10.3. The fraction of sp³-hybridized carbons (Fsp3) is 0.571. The second-order valence-electron chi connectivity index (χ2n) is 7.79. The molecule has 1 amide bonds. The molecule has 9 heteroatoms. The number of aryl methyl sites for hydroxylation is 4. The Kier molecular flexibility index (Phi) is 6.69. The van der Waals surface area contributed by atoms with Crippen molar-refractivity contribution in [1.82, 2.24) is 30.2 Å². The fourth-order valence-corrected chi connectivity index (χ4v) is 3.51. The van der Waals surface area contributed by atoms with Crippen LogP contribution in [0, 0.1) is 13.8 Å². The third kappa shape index (κ3) is 4.60. The van der Waals surface area contributed by atoms with Crippen molar-refractivity contribution in [3.05, 3.63) is 28.5 Å². The minimum Gasteiger partial charge on any atom is -0.479 e. The highest BCUT2D eigenvalue weighted by Crippen LogP contribution is 2.30. The maximum Gasteiger partial charge on any atom is 0.242 e. The van der Waals surface area contributed by atoms with Crippen molar-refractivity contribution < 1.29 is 14.1 Å². The summed E-state index contributed by atoms with van der Waals surface area (Å²) in [4.78, 5) is 21.3. The molecule has 0 atom stereocenters. The first-order valence-corrected chi connectivity index (χ1v) is 10.3. The number of ether oxygens (including phenoxy) is 1. The lowest BCUT2D eigenvalue weighted by Crippen LogP contribution is -2.25. The van der Waals surface area contributed by atoms with E-state index in [9.17, 15) is 4.79 Å². The molecule has 0 saturated heterocycles. The molecule has 0 aliphatic carbocycles. The Labute approximate surface area is 176 Å². The Bertz CT molecular complexity index is 1040. The molecular formula is C21H30N6O3.